The molecule has 0 aromatic carbocycles. The van der Waals surface area contributed by atoms with Gasteiger partial charge in [-0.3, -0.25) is 4.98 Å². The second-order valence-corrected chi connectivity index (χ2v) is 4.84. The summed E-state index contributed by atoms with van der Waals surface area (Å²) in [5.74, 6) is 0.791. The molecular formula is C14H17N5. The fraction of sp³-hybridized carbons (Fsp3) is 0.357. The van der Waals surface area contributed by atoms with Crippen LogP contribution in [0.25, 0.3) is 11.1 Å². The van der Waals surface area contributed by atoms with Crippen LogP contribution in [0.5, 0.6) is 0 Å². The van der Waals surface area contributed by atoms with Crippen molar-refractivity contribution in [3.05, 3.63) is 36.9 Å². The van der Waals surface area contributed by atoms with Crippen molar-refractivity contribution in [2.45, 2.75) is 18.9 Å². The van der Waals surface area contributed by atoms with E-state index in [0.29, 0.717) is 6.04 Å². The van der Waals surface area contributed by atoms with Crippen LogP contribution in [0.2, 0.25) is 0 Å². The summed E-state index contributed by atoms with van der Waals surface area (Å²) in [4.78, 5) is 15.2. The number of nitrogens with two attached hydrogens (primary N) is 1. The van der Waals surface area contributed by atoms with Gasteiger partial charge in [0.25, 0.3) is 0 Å². The molecule has 2 aromatic heterocycles. The molecule has 0 radical (unpaired) electrons. The van der Waals surface area contributed by atoms with Crippen molar-refractivity contribution in [2.24, 2.45) is 5.73 Å². The first-order chi connectivity index (χ1) is 9.33. The fourth-order valence-corrected chi connectivity index (χ4v) is 2.27. The van der Waals surface area contributed by atoms with E-state index in [1.807, 2.05) is 30.7 Å². The standard InChI is InChI=1S/C14H17N5/c15-13-3-6-19(7-4-13)14-17-9-12(10-18-14)11-2-1-5-16-8-11/h1-2,5,8-10,13H,3-4,6-7,15H2. The van der Waals surface area contributed by atoms with Gasteiger partial charge in [0.15, 0.2) is 0 Å². The van der Waals surface area contributed by atoms with Crippen molar-refractivity contribution >= 4 is 5.95 Å². The van der Waals surface area contributed by atoms with Gasteiger partial charge in [-0.25, -0.2) is 9.97 Å². The zero-order valence-electron chi connectivity index (χ0n) is 10.7. The van der Waals surface area contributed by atoms with Crippen molar-refractivity contribution in [2.75, 3.05) is 18.0 Å². The number of pyridine rings is 1. The average Bonchev–Trinajstić information content (AvgIpc) is 2.49. The van der Waals surface area contributed by atoms with Crippen LogP contribution in [-0.2, 0) is 0 Å². The summed E-state index contributed by atoms with van der Waals surface area (Å²) >= 11 is 0. The third-order valence-corrected chi connectivity index (χ3v) is 3.46. The molecule has 2 aromatic rings. The van der Waals surface area contributed by atoms with Gasteiger partial charge in [0.2, 0.25) is 5.95 Å². The predicted molar refractivity (Wildman–Crippen MR) is 74.7 cm³/mol. The van der Waals surface area contributed by atoms with Crippen LogP contribution in [0, 0.1) is 0 Å². The Bertz CT molecular complexity index is 517. The minimum absolute atomic E-state index is 0.325. The summed E-state index contributed by atoms with van der Waals surface area (Å²) in [5, 5.41) is 0. The summed E-state index contributed by atoms with van der Waals surface area (Å²) in [6.07, 6.45) is 9.30. The van der Waals surface area contributed by atoms with Gasteiger partial charge < -0.3 is 10.6 Å². The van der Waals surface area contributed by atoms with Crippen LogP contribution in [0.1, 0.15) is 12.8 Å². The zero-order chi connectivity index (χ0) is 13.1. The molecule has 5 heteroatoms. The Morgan fingerprint density at radius 2 is 1.79 bits per heavy atom. The lowest BCUT2D eigenvalue weighted by Gasteiger charge is -2.30. The first-order valence-corrected chi connectivity index (χ1v) is 6.56. The van der Waals surface area contributed by atoms with E-state index in [-0.39, 0.29) is 0 Å². The number of aromatic nitrogens is 3. The van der Waals surface area contributed by atoms with Crippen molar-refractivity contribution in [3.63, 3.8) is 0 Å². The number of piperidine rings is 1. The number of anilines is 1. The van der Waals surface area contributed by atoms with E-state index in [1.54, 1.807) is 6.20 Å². The molecule has 0 atom stereocenters. The van der Waals surface area contributed by atoms with E-state index in [0.717, 1.165) is 43.0 Å². The first kappa shape index (κ1) is 12.0. The fourth-order valence-electron chi connectivity index (χ4n) is 2.27. The smallest absolute Gasteiger partial charge is 0.225 e. The maximum atomic E-state index is 5.90. The van der Waals surface area contributed by atoms with E-state index in [4.69, 9.17) is 5.73 Å². The second kappa shape index (κ2) is 5.32. The van der Waals surface area contributed by atoms with Gasteiger partial charge in [-0.2, -0.15) is 0 Å². The average molecular weight is 255 g/mol. The highest BCUT2D eigenvalue weighted by molar-refractivity contribution is 5.60. The van der Waals surface area contributed by atoms with Gasteiger partial charge in [-0.15, -0.1) is 0 Å². The molecule has 0 bridgehead atoms. The molecule has 19 heavy (non-hydrogen) atoms. The number of rotatable bonds is 2. The Balaban J connectivity index is 1.76. The van der Waals surface area contributed by atoms with Gasteiger partial charge in [-0.1, -0.05) is 6.07 Å². The summed E-state index contributed by atoms with van der Waals surface area (Å²) in [6.45, 7) is 1.88. The van der Waals surface area contributed by atoms with Crippen molar-refractivity contribution in [1.29, 1.82) is 0 Å². The lowest BCUT2D eigenvalue weighted by atomic mass is 10.1. The third kappa shape index (κ3) is 2.71. The Morgan fingerprint density at radius 1 is 1.05 bits per heavy atom. The quantitative estimate of drug-likeness (QED) is 0.880. The minimum Gasteiger partial charge on any atom is -0.341 e. The first-order valence-electron chi connectivity index (χ1n) is 6.56. The number of hydrogen-bond acceptors (Lipinski definition) is 5. The zero-order valence-corrected chi connectivity index (χ0v) is 10.7. The highest BCUT2D eigenvalue weighted by atomic mass is 15.2. The molecule has 0 saturated carbocycles. The van der Waals surface area contributed by atoms with Crippen molar-refractivity contribution in [1.82, 2.24) is 15.0 Å². The lowest BCUT2D eigenvalue weighted by molar-refractivity contribution is 0.495. The van der Waals surface area contributed by atoms with Crippen LogP contribution in [-0.4, -0.2) is 34.1 Å². The maximum absolute atomic E-state index is 5.90. The third-order valence-electron chi connectivity index (χ3n) is 3.46. The molecule has 2 N–H and O–H groups in total. The van der Waals surface area contributed by atoms with Crippen LogP contribution < -0.4 is 10.6 Å². The summed E-state index contributed by atoms with van der Waals surface area (Å²) < 4.78 is 0. The van der Waals surface area contributed by atoms with Crippen LogP contribution in [0.15, 0.2) is 36.9 Å². The molecule has 0 unspecified atom stereocenters. The molecule has 0 amide bonds. The molecule has 5 nitrogen and oxygen atoms in total. The molecule has 1 fully saturated rings. The molecule has 1 aliphatic rings. The SMILES string of the molecule is NC1CCN(c2ncc(-c3cccnc3)cn2)CC1. The predicted octanol–water partition coefficient (Wildman–Crippen LogP) is 1.47. The molecule has 3 rings (SSSR count). The van der Waals surface area contributed by atoms with E-state index in [9.17, 15) is 0 Å². The van der Waals surface area contributed by atoms with Crippen molar-refractivity contribution in [3.8, 4) is 11.1 Å². The Hall–Kier alpha value is -2.01. The van der Waals surface area contributed by atoms with E-state index >= 15 is 0 Å². The Kier molecular flexibility index (Phi) is 3.37. The molecule has 3 heterocycles. The van der Waals surface area contributed by atoms with Gasteiger partial charge in [0.05, 0.1) is 0 Å². The molecule has 98 valence electrons. The molecular weight excluding hydrogens is 238 g/mol. The van der Waals surface area contributed by atoms with Gasteiger partial charge in [-0.05, 0) is 18.9 Å². The van der Waals surface area contributed by atoms with E-state index < -0.39 is 0 Å². The highest BCUT2D eigenvalue weighted by Crippen LogP contribution is 2.19. The minimum atomic E-state index is 0.325. The van der Waals surface area contributed by atoms with Gasteiger partial charge in [0, 0.05) is 55.0 Å². The van der Waals surface area contributed by atoms with Crippen LogP contribution in [0.3, 0.4) is 0 Å². The molecule has 0 aliphatic carbocycles. The Morgan fingerprint density at radius 3 is 2.42 bits per heavy atom. The van der Waals surface area contributed by atoms with E-state index in [1.165, 1.54) is 0 Å². The molecule has 0 spiro atoms. The molecule has 1 aliphatic heterocycles. The molecule has 1 saturated heterocycles. The van der Waals surface area contributed by atoms with Gasteiger partial charge >= 0.3 is 0 Å². The lowest BCUT2D eigenvalue weighted by Crippen LogP contribution is -2.40. The van der Waals surface area contributed by atoms with Crippen LogP contribution in [0.4, 0.5) is 5.95 Å². The summed E-state index contributed by atoms with van der Waals surface area (Å²) in [5.41, 5.74) is 7.93. The van der Waals surface area contributed by atoms with E-state index in [2.05, 4.69) is 19.9 Å². The summed E-state index contributed by atoms with van der Waals surface area (Å²) in [7, 11) is 0. The van der Waals surface area contributed by atoms with Gasteiger partial charge in [0.1, 0.15) is 0 Å². The largest absolute Gasteiger partial charge is 0.341 e. The monoisotopic (exact) mass is 255 g/mol. The number of nitrogens with zero attached hydrogens (tertiary/aromatic N) is 4. The normalized spacial score (nSPS) is 16.6. The maximum Gasteiger partial charge on any atom is 0.225 e. The Labute approximate surface area is 112 Å². The highest BCUT2D eigenvalue weighted by Gasteiger charge is 2.17. The summed E-state index contributed by atoms with van der Waals surface area (Å²) in [6, 6.07) is 4.24. The second-order valence-electron chi connectivity index (χ2n) is 4.84. The van der Waals surface area contributed by atoms with Crippen molar-refractivity contribution < 1.29 is 0 Å². The number of hydrogen-bond donors (Lipinski definition) is 1. The van der Waals surface area contributed by atoms with Crippen LogP contribution >= 0.6 is 0 Å². The topological polar surface area (TPSA) is 67.9 Å².